The van der Waals surface area contributed by atoms with Crippen molar-refractivity contribution in [1.29, 1.82) is 0 Å². The Morgan fingerprint density at radius 1 is 1.10 bits per heavy atom. The number of ether oxygens (including phenoxy) is 2. The van der Waals surface area contributed by atoms with E-state index in [-0.39, 0.29) is 10.6 Å². The Morgan fingerprint density at radius 3 is 2.43 bits per heavy atom. The number of halogens is 4. The molecule has 1 unspecified atom stereocenters. The first-order valence-electron chi connectivity index (χ1n) is 6.24. The average molecular weight is 437 g/mol. The third kappa shape index (κ3) is 3.05. The average Bonchev–Trinajstić information content (AvgIpc) is 2.48. The Morgan fingerprint density at radius 2 is 1.76 bits per heavy atom. The number of hydrogen-bond donors (Lipinski definition) is 0. The van der Waals surface area contributed by atoms with E-state index in [1.807, 2.05) is 12.1 Å². The molecule has 2 aromatic rings. The summed E-state index contributed by atoms with van der Waals surface area (Å²) in [4.78, 5) is -0.233. The summed E-state index contributed by atoms with van der Waals surface area (Å²) in [5, 5.41) is 0.546. The lowest BCUT2D eigenvalue weighted by molar-refractivity contribution is 0.171. The maximum Gasteiger partial charge on any atom is 0.162 e. The number of alkyl halides is 1. The van der Waals surface area contributed by atoms with Gasteiger partial charge in [0.2, 0.25) is 0 Å². The quantitative estimate of drug-likeness (QED) is 0.579. The van der Waals surface area contributed by atoms with Crippen LogP contribution in [0.15, 0.2) is 34.8 Å². The van der Waals surface area contributed by atoms with E-state index in [0.717, 1.165) is 11.1 Å². The molecule has 0 spiro atoms. The molecule has 1 atom stereocenters. The molecule has 110 valence electrons. The molecule has 0 N–H and O–H groups in total. The van der Waals surface area contributed by atoms with Crippen molar-refractivity contribution in [3.63, 3.8) is 0 Å². The highest BCUT2D eigenvalue weighted by Crippen LogP contribution is 2.42. The van der Waals surface area contributed by atoms with Gasteiger partial charge in [-0.2, -0.15) is 0 Å². The molecule has 0 bridgehead atoms. The lowest BCUT2D eigenvalue weighted by Crippen LogP contribution is -2.15. The van der Waals surface area contributed by atoms with Crippen molar-refractivity contribution in [3.8, 4) is 11.5 Å². The van der Waals surface area contributed by atoms with Gasteiger partial charge in [0.1, 0.15) is 19.0 Å². The highest BCUT2D eigenvalue weighted by molar-refractivity contribution is 9.10. The lowest BCUT2D eigenvalue weighted by atomic mass is 10.0. The Bertz CT molecular complexity index is 694. The Labute approximate surface area is 143 Å². The second-order valence-corrected chi connectivity index (χ2v) is 6.73. The molecule has 1 aliphatic heterocycles. The smallest absolute Gasteiger partial charge is 0.162 e. The third-order valence-corrected chi connectivity index (χ3v) is 5.16. The van der Waals surface area contributed by atoms with Crippen LogP contribution in [-0.4, -0.2) is 13.2 Å². The van der Waals surface area contributed by atoms with Gasteiger partial charge in [-0.05, 0) is 45.3 Å². The molecule has 21 heavy (non-hydrogen) atoms. The zero-order chi connectivity index (χ0) is 15.0. The Hall–Kier alpha value is -0.780. The lowest BCUT2D eigenvalue weighted by Gasteiger charge is -2.21. The van der Waals surface area contributed by atoms with Gasteiger partial charge < -0.3 is 9.47 Å². The van der Waals surface area contributed by atoms with E-state index in [2.05, 4.69) is 31.9 Å². The Balaban J connectivity index is 2.00. The van der Waals surface area contributed by atoms with E-state index in [4.69, 9.17) is 21.1 Å². The van der Waals surface area contributed by atoms with Crippen LogP contribution in [0, 0.1) is 5.82 Å². The first-order chi connectivity index (χ1) is 10.1. The fraction of sp³-hybridized carbons (Fsp3) is 0.200. The van der Waals surface area contributed by atoms with Crippen LogP contribution >= 0.6 is 43.5 Å². The minimum atomic E-state index is -0.314. The summed E-state index contributed by atoms with van der Waals surface area (Å²) in [5.74, 6) is 0.977. The standard InChI is InChI=1S/C15H10Br2ClFO2/c16-10-2-1-8(5-12(10)19)15(17)9-6-13-14(7-11(9)18)21-4-3-20-13/h1-2,5-7,15H,3-4H2. The van der Waals surface area contributed by atoms with Crippen molar-refractivity contribution in [2.75, 3.05) is 13.2 Å². The van der Waals surface area contributed by atoms with Gasteiger partial charge in [0.25, 0.3) is 0 Å². The molecule has 0 aliphatic carbocycles. The maximum absolute atomic E-state index is 13.7. The summed E-state index contributed by atoms with van der Waals surface area (Å²) in [7, 11) is 0. The van der Waals surface area contributed by atoms with Gasteiger partial charge >= 0.3 is 0 Å². The molecule has 2 nitrogen and oxygen atoms in total. The van der Waals surface area contributed by atoms with Gasteiger partial charge in [0, 0.05) is 11.1 Å². The van der Waals surface area contributed by atoms with Crippen LogP contribution in [0.4, 0.5) is 4.39 Å². The van der Waals surface area contributed by atoms with Crippen molar-refractivity contribution >= 4 is 43.5 Å². The van der Waals surface area contributed by atoms with Crippen LogP contribution in [0.25, 0.3) is 0 Å². The predicted molar refractivity (Wildman–Crippen MR) is 87.3 cm³/mol. The van der Waals surface area contributed by atoms with Crippen molar-refractivity contribution in [2.45, 2.75) is 4.83 Å². The molecule has 1 heterocycles. The highest BCUT2D eigenvalue weighted by Gasteiger charge is 2.20. The van der Waals surface area contributed by atoms with Crippen molar-refractivity contribution in [2.24, 2.45) is 0 Å². The van der Waals surface area contributed by atoms with Crippen LogP contribution in [0.3, 0.4) is 0 Å². The molecule has 0 aromatic heterocycles. The van der Waals surface area contributed by atoms with Crippen molar-refractivity contribution in [1.82, 2.24) is 0 Å². The van der Waals surface area contributed by atoms with Gasteiger partial charge in [-0.15, -0.1) is 0 Å². The first-order valence-corrected chi connectivity index (χ1v) is 8.33. The van der Waals surface area contributed by atoms with E-state index in [0.29, 0.717) is 34.2 Å². The van der Waals surface area contributed by atoms with E-state index < -0.39 is 0 Å². The second kappa shape index (κ2) is 6.15. The molecular weight excluding hydrogens is 426 g/mol. The minimum absolute atomic E-state index is 0.233. The van der Waals surface area contributed by atoms with E-state index in [1.165, 1.54) is 6.07 Å². The summed E-state index contributed by atoms with van der Waals surface area (Å²) in [5.41, 5.74) is 1.58. The number of fused-ring (bicyclic) bond motifs is 1. The number of hydrogen-bond acceptors (Lipinski definition) is 2. The van der Waals surface area contributed by atoms with Gasteiger partial charge in [-0.3, -0.25) is 0 Å². The van der Waals surface area contributed by atoms with Gasteiger partial charge in [-0.25, -0.2) is 4.39 Å². The number of rotatable bonds is 2. The van der Waals surface area contributed by atoms with Crippen LogP contribution in [0.5, 0.6) is 11.5 Å². The summed E-state index contributed by atoms with van der Waals surface area (Å²) in [6.45, 7) is 1.02. The fourth-order valence-corrected chi connectivity index (χ4v) is 3.43. The molecular formula is C15H10Br2ClFO2. The predicted octanol–water partition coefficient (Wildman–Crippen LogP) is 5.50. The maximum atomic E-state index is 13.7. The molecule has 1 aliphatic rings. The molecule has 2 aromatic carbocycles. The minimum Gasteiger partial charge on any atom is -0.486 e. The topological polar surface area (TPSA) is 18.5 Å². The zero-order valence-electron chi connectivity index (χ0n) is 10.7. The van der Waals surface area contributed by atoms with Gasteiger partial charge in [0.15, 0.2) is 11.5 Å². The zero-order valence-corrected chi connectivity index (χ0v) is 14.6. The van der Waals surface area contributed by atoms with Crippen molar-refractivity contribution < 1.29 is 13.9 Å². The summed E-state index contributed by atoms with van der Waals surface area (Å²) < 4.78 is 25.2. The largest absolute Gasteiger partial charge is 0.486 e. The molecule has 0 saturated heterocycles. The Kier molecular flexibility index (Phi) is 4.43. The summed E-state index contributed by atoms with van der Waals surface area (Å²) >= 11 is 13.0. The van der Waals surface area contributed by atoms with Crippen LogP contribution < -0.4 is 9.47 Å². The first kappa shape index (κ1) is 15.1. The van der Waals surface area contributed by atoms with E-state index in [9.17, 15) is 4.39 Å². The molecule has 3 rings (SSSR count). The van der Waals surface area contributed by atoms with E-state index in [1.54, 1.807) is 12.1 Å². The molecule has 0 amide bonds. The van der Waals surface area contributed by atoms with Crippen LogP contribution in [-0.2, 0) is 0 Å². The monoisotopic (exact) mass is 434 g/mol. The third-order valence-electron chi connectivity index (χ3n) is 3.17. The van der Waals surface area contributed by atoms with Gasteiger partial charge in [-0.1, -0.05) is 33.6 Å². The number of benzene rings is 2. The summed E-state index contributed by atoms with van der Waals surface area (Å²) in [6.07, 6.45) is 0. The SMILES string of the molecule is Fc1cc(C(Br)c2cc3c(cc2Cl)OCCO3)ccc1Br. The fourth-order valence-electron chi connectivity index (χ4n) is 2.12. The molecule has 6 heteroatoms. The normalized spacial score (nSPS) is 14.9. The van der Waals surface area contributed by atoms with Crippen LogP contribution in [0.2, 0.25) is 5.02 Å². The molecule has 0 saturated carbocycles. The van der Waals surface area contributed by atoms with E-state index >= 15 is 0 Å². The molecule has 0 radical (unpaired) electrons. The summed E-state index contributed by atoms with van der Waals surface area (Å²) in [6, 6.07) is 8.53. The van der Waals surface area contributed by atoms with Crippen molar-refractivity contribution in [3.05, 3.63) is 56.8 Å². The second-order valence-electron chi connectivity index (χ2n) is 4.55. The van der Waals surface area contributed by atoms with Crippen LogP contribution in [0.1, 0.15) is 16.0 Å². The van der Waals surface area contributed by atoms with Gasteiger partial charge in [0.05, 0.1) is 9.30 Å². The molecule has 0 fully saturated rings. The highest BCUT2D eigenvalue weighted by atomic mass is 79.9.